The lowest BCUT2D eigenvalue weighted by Crippen LogP contribution is -2.47. The predicted molar refractivity (Wildman–Crippen MR) is 153 cm³/mol. The Bertz CT molecular complexity index is 1270. The fourth-order valence-electron chi connectivity index (χ4n) is 5.38. The van der Waals surface area contributed by atoms with Crippen LogP contribution in [0.2, 0.25) is 18.1 Å². The Morgan fingerprint density at radius 2 is 1.55 bits per heavy atom. The first-order valence-electron chi connectivity index (χ1n) is 14.0. The SMILES string of the molecule is CC(C)N1CC2=C(C(c3ccc(F)cc3)=C1C(F)c1ccc(C(F)(F)F)cc1)C(O[Si](C)(C)C(C)(C)C)CCC2. The van der Waals surface area contributed by atoms with Gasteiger partial charge in [-0.3, -0.25) is 0 Å². The molecule has 1 aliphatic carbocycles. The topological polar surface area (TPSA) is 12.5 Å². The van der Waals surface area contributed by atoms with Crippen LogP contribution in [0, 0.1) is 5.82 Å². The number of benzene rings is 2. The van der Waals surface area contributed by atoms with E-state index in [9.17, 15) is 17.6 Å². The highest BCUT2D eigenvalue weighted by atomic mass is 28.4. The lowest BCUT2D eigenvalue weighted by molar-refractivity contribution is -0.137. The molecule has 2 unspecified atom stereocenters. The molecule has 2 nitrogen and oxygen atoms in total. The molecule has 0 spiro atoms. The van der Waals surface area contributed by atoms with Gasteiger partial charge in [0.15, 0.2) is 14.5 Å². The molecule has 0 radical (unpaired) electrons. The number of nitrogens with zero attached hydrogens (tertiary/aromatic N) is 1. The average Bonchev–Trinajstić information content (AvgIpc) is 2.86. The van der Waals surface area contributed by atoms with Crippen LogP contribution < -0.4 is 0 Å². The van der Waals surface area contributed by atoms with Gasteiger partial charge in [0.1, 0.15) is 5.82 Å². The minimum atomic E-state index is -4.51. The molecular weight excluding hydrogens is 537 g/mol. The third kappa shape index (κ3) is 6.08. The van der Waals surface area contributed by atoms with Crippen LogP contribution in [0.25, 0.3) is 5.57 Å². The molecule has 4 rings (SSSR count). The van der Waals surface area contributed by atoms with Crippen molar-refractivity contribution in [2.24, 2.45) is 0 Å². The fourth-order valence-corrected chi connectivity index (χ4v) is 6.68. The van der Waals surface area contributed by atoms with Gasteiger partial charge >= 0.3 is 6.18 Å². The lowest BCUT2D eigenvalue weighted by atomic mass is 9.77. The molecule has 40 heavy (non-hydrogen) atoms. The van der Waals surface area contributed by atoms with E-state index >= 15 is 4.39 Å². The Morgan fingerprint density at radius 3 is 2.08 bits per heavy atom. The Balaban J connectivity index is 1.94. The molecule has 1 heterocycles. The summed E-state index contributed by atoms with van der Waals surface area (Å²) in [5, 5.41) is -0.0325. The van der Waals surface area contributed by atoms with Crippen molar-refractivity contribution in [3.8, 4) is 0 Å². The van der Waals surface area contributed by atoms with E-state index in [1.807, 2.05) is 18.7 Å². The highest BCUT2D eigenvalue weighted by Gasteiger charge is 2.44. The van der Waals surface area contributed by atoms with Crippen LogP contribution in [0.15, 0.2) is 65.4 Å². The zero-order valence-electron chi connectivity index (χ0n) is 24.4. The smallest absolute Gasteiger partial charge is 0.410 e. The molecular formula is C32H40F5NOSi. The molecule has 0 saturated carbocycles. The van der Waals surface area contributed by atoms with Gasteiger partial charge in [-0.05, 0) is 97.8 Å². The van der Waals surface area contributed by atoms with E-state index in [1.54, 1.807) is 12.1 Å². The van der Waals surface area contributed by atoms with E-state index < -0.39 is 32.0 Å². The van der Waals surface area contributed by atoms with Gasteiger partial charge in [0.05, 0.1) is 17.4 Å². The maximum atomic E-state index is 16.8. The van der Waals surface area contributed by atoms with Crippen LogP contribution in [0.5, 0.6) is 0 Å². The van der Waals surface area contributed by atoms with Crippen molar-refractivity contribution in [1.82, 2.24) is 4.90 Å². The van der Waals surface area contributed by atoms with Crippen LogP contribution in [-0.2, 0) is 10.6 Å². The van der Waals surface area contributed by atoms with E-state index in [-0.39, 0.29) is 22.7 Å². The summed E-state index contributed by atoms with van der Waals surface area (Å²) in [7, 11) is -2.21. The van der Waals surface area contributed by atoms with Gasteiger partial charge in [-0.1, -0.05) is 45.0 Å². The molecule has 218 valence electrons. The van der Waals surface area contributed by atoms with Crippen molar-refractivity contribution in [3.05, 3.63) is 87.9 Å². The van der Waals surface area contributed by atoms with E-state index in [4.69, 9.17) is 4.43 Å². The van der Waals surface area contributed by atoms with Crippen LogP contribution >= 0.6 is 0 Å². The molecule has 1 aliphatic heterocycles. The van der Waals surface area contributed by atoms with Gasteiger partial charge in [0.2, 0.25) is 0 Å². The fraction of sp³-hybridized carbons (Fsp3) is 0.500. The second kappa shape index (κ2) is 11.1. The maximum absolute atomic E-state index is 16.8. The van der Waals surface area contributed by atoms with E-state index in [0.29, 0.717) is 23.4 Å². The zero-order chi connectivity index (χ0) is 29.6. The summed E-state index contributed by atoms with van der Waals surface area (Å²) in [5.41, 5.74) is 3.22. The molecule has 0 saturated heterocycles. The summed E-state index contributed by atoms with van der Waals surface area (Å²) in [6, 6.07) is 10.3. The lowest BCUT2D eigenvalue weighted by Gasteiger charge is -2.46. The molecule has 2 aliphatic rings. The van der Waals surface area contributed by atoms with E-state index in [2.05, 4.69) is 33.9 Å². The summed E-state index contributed by atoms with van der Waals surface area (Å²) in [4.78, 5) is 2.01. The Kier molecular flexibility index (Phi) is 8.45. The molecule has 2 atom stereocenters. The summed E-state index contributed by atoms with van der Waals surface area (Å²) in [6.07, 6.45) is -3.84. The van der Waals surface area contributed by atoms with Gasteiger partial charge in [0.25, 0.3) is 0 Å². The normalized spacial score (nSPS) is 19.8. The van der Waals surface area contributed by atoms with Crippen molar-refractivity contribution < 1.29 is 26.4 Å². The van der Waals surface area contributed by atoms with Gasteiger partial charge in [-0.2, -0.15) is 13.2 Å². The monoisotopic (exact) mass is 577 g/mol. The quantitative estimate of drug-likeness (QED) is 0.250. The summed E-state index contributed by atoms with van der Waals surface area (Å²) >= 11 is 0. The van der Waals surface area contributed by atoms with Gasteiger partial charge < -0.3 is 9.33 Å². The number of hydrogen-bond donors (Lipinski definition) is 0. The molecule has 8 heteroatoms. The zero-order valence-corrected chi connectivity index (χ0v) is 25.4. The maximum Gasteiger partial charge on any atom is 0.416 e. The largest absolute Gasteiger partial charge is 0.416 e. The van der Waals surface area contributed by atoms with Crippen LogP contribution in [0.3, 0.4) is 0 Å². The predicted octanol–water partition coefficient (Wildman–Crippen LogP) is 9.86. The number of halogens is 5. The van der Waals surface area contributed by atoms with Crippen molar-refractivity contribution in [3.63, 3.8) is 0 Å². The molecule has 0 bridgehead atoms. The molecule has 0 amide bonds. The number of allylic oxidation sites excluding steroid dienone is 1. The Labute approximate surface area is 236 Å². The summed E-state index contributed by atoms with van der Waals surface area (Å²) in [5.74, 6) is -0.395. The molecule has 2 aromatic carbocycles. The van der Waals surface area contributed by atoms with Gasteiger partial charge in [-0.15, -0.1) is 0 Å². The van der Waals surface area contributed by atoms with Crippen molar-refractivity contribution >= 4 is 13.9 Å². The minimum absolute atomic E-state index is 0.0325. The van der Waals surface area contributed by atoms with Crippen molar-refractivity contribution in [2.45, 2.75) is 96.5 Å². The van der Waals surface area contributed by atoms with E-state index in [0.717, 1.165) is 37.0 Å². The van der Waals surface area contributed by atoms with Crippen LogP contribution in [0.4, 0.5) is 22.0 Å². The average molecular weight is 578 g/mol. The van der Waals surface area contributed by atoms with Gasteiger partial charge in [0, 0.05) is 18.2 Å². The van der Waals surface area contributed by atoms with Crippen molar-refractivity contribution in [2.75, 3.05) is 6.54 Å². The summed E-state index contributed by atoms with van der Waals surface area (Å²) in [6.45, 7) is 15.4. The Hall–Kier alpha value is -2.45. The second-order valence-electron chi connectivity index (χ2n) is 12.7. The van der Waals surface area contributed by atoms with Crippen LogP contribution in [-0.4, -0.2) is 31.9 Å². The summed E-state index contributed by atoms with van der Waals surface area (Å²) < 4.78 is 77.6. The van der Waals surface area contributed by atoms with Crippen LogP contribution in [0.1, 0.15) is 76.7 Å². The second-order valence-corrected chi connectivity index (χ2v) is 17.5. The molecule has 0 N–H and O–H groups in total. The van der Waals surface area contributed by atoms with E-state index in [1.165, 1.54) is 29.8 Å². The standard InChI is InChI=1S/C32H40F5NOSi/c1-20(2)38-19-23-9-8-10-26(39-40(6,7)31(3,4)5)27(23)28(21-13-17-25(33)18-14-21)30(38)29(34)22-11-15-24(16-12-22)32(35,36)37/h11-18,20,26,29H,8-10,19H2,1-7H3. The highest BCUT2D eigenvalue weighted by molar-refractivity contribution is 6.74. The van der Waals surface area contributed by atoms with Gasteiger partial charge in [-0.25, -0.2) is 8.78 Å². The number of hydrogen-bond acceptors (Lipinski definition) is 2. The third-order valence-corrected chi connectivity index (χ3v) is 13.1. The molecule has 0 aromatic heterocycles. The first kappa shape index (κ1) is 30.5. The minimum Gasteiger partial charge on any atom is -0.410 e. The molecule has 0 fully saturated rings. The molecule has 2 aromatic rings. The first-order valence-corrected chi connectivity index (χ1v) is 16.9. The highest BCUT2D eigenvalue weighted by Crippen LogP contribution is 2.49. The number of rotatable bonds is 6. The first-order chi connectivity index (χ1) is 18.5. The number of alkyl halides is 4. The third-order valence-electron chi connectivity index (χ3n) is 8.61. The Morgan fingerprint density at radius 1 is 0.950 bits per heavy atom. The van der Waals surface area contributed by atoms with Crippen molar-refractivity contribution in [1.29, 1.82) is 0 Å².